The smallest absolute Gasteiger partial charge is 0.237 e. The van der Waals surface area contributed by atoms with E-state index >= 15 is 0 Å². The van der Waals surface area contributed by atoms with E-state index in [1.54, 1.807) is 6.07 Å². The molecular formula is C18H26FN3O3. The summed E-state index contributed by atoms with van der Waals surface area (Å²) in [5.41, 5.74) is 0.783. The molecule has 1 aliphatic heterocycles. The van der Waals surface area contributed by atoms with Crippen LogP contribution in [0.1, 0.15) is 25.8 Å². The molecular weight excluding hydrogens is 325 g/mol. The van der Waals surface area contributed by atoms with Crippen LogP contribution in [0.15, 0.2) is 24.3 Å². The number of ether oxygens (including phenoxy) is 1. The first kappa shape index (κ1) is 19.3. The number of hydrogen-bond acceptors (Lipinski definition) is 4. The molecule has 0 saturated carbocycles. The number of nitrogens with one attached hydrogen (secondary N) is 2. The zero-order valence-corrected chi connectivity index (χ0v) is 14.8. The van der Waals surface area contributed by atoms with Crippen molar-refractivity contribution in [2.45, 2.75) is 39.0 Å². The number of nitrogens with zero attached hydrogens (tertiary/aromatic N) is 1. The lowest BCUT2D eigenvalue weighted by atomic mass is 10.1. The fourth-order valence-corrected chi connectivity index (χ4v) is 2.78. The minimum absolute atomic E-state index is 0.0722. The fourth-order valence-electron chi connectivity index (χ4n) is 2.78. The monoisotopic (exact) mass is 351 g/mol. The normalized spacial score (nSPS) is 18.2. The molecule has 2 N–H and O–H groups in total. The van der Waals surface area contributed by atoms with Gasteiger partial charge in [0.2, 0.25) is 11.8 Å². The van der Waals surface area contributed by atoms with Gasteiger partial charge in [-0.1, -0.05) is 12.1 Å². The minimum atomic E-state index is -0.553. The molecule has 0 unspecified atom stereocenters. The van der Waals surface area contributed by atoms with Crippen LogP contribution in [0.25, 0.3) is 0 Å². The largest absolute Gasteiger partial charge is 0.377 e. The van der Waals surface area contributed by atoms with Gasteiger partial charge in [0.15, 0.2) is 0 Å². The Kier molecular flexibility index (Phi) is 7.33. The van der Waals surface area contributed by atoms with Crippen LogP contribution in [0.3, 0.4) is 0 Å². The average Bonchev–Trinajstić information content (AvgIpc) is 2.55. The van der Waals surface area contributed by atoms with Crippen LogP contribution in [-0.4, -0.2) is 55.1 Å². The molecule has 0 aromatic heterocycles. The molecule has 2 amide bonds. The van der Waals surface area contributed by atoms with Crippen molar-refractivity contribution in [1.29, 1.82) is 0 Å². The molecule has 25 heavy (non-hydrogen) atoms. The van der Waals surface area contributed by atoms with E-state index in [0.717, 1.165) is 5.56 Å². The maximum Gasteiger partial charge on any atom is 0.237 e. The van der Waals surface area contributed by atoms with E-state index < -0.39 is 6.04 Å². The van der Waals surface area contributed by atoms with Gasteiger partial charge in [-0.05, 0) is 31.5 Å². The Labute approximate surface area is 147 Å². The molecule has 0 spiro atoms. The van der Waals surface area contributed by atoms with Gasteiger partial charge in [0.05, 0.1) is 25.2 Å². The SMILES string of the molecule is CC(C)OCCNC(=O)C[C@H]1C(=O)NCCN1Cc1cccc(F)c1. The van der Waals surface area contributed by atoms with Crippen LogP contribution in [0.5, 0.6) is 0 Å². The summed E-state index contributed by atoms with van der Waals surface area (Å²) in [5, 5.41) is 5.56. The summed E-state index contributed by atoms with van der Waals surface area (Å²) < 4.78 is 18.7. The lowest BCUT2D eigenvalue weighted by Gasteiger charge is -2.34. The van der Waals surface area contributed by atoms with Crippen molar-refractivity contribution < 1.29 is 18.7 Å². The molecule has 1 heterocycles. The Balaban J connectivity index is 1.90. The molecule has 1 aromatic carbocycles. The number of amides is 2. The van der Waals surface area contributed by atoms with Gasteiger partial charge < -0.3 is 15.4 Å². The maximum atomic E-state index is 13.4. The molecule has 1 aliphatic rings. The zero-order valence-electron chi connectivity index (χ0n) is 14.8. The molecule has 7 heteroatoms. The summed E-state index contributed by atoms with van der Waals surface area (Å²) in [6.07, 6.45) is 0.186. The van der Waals surface area contributed by atoms with Crippen molar-refractivity contribution in [2.75, 3.05) is 26.2 Å². The molecule has 6 nitrogen and oxygen atoms in total. The number of carbonyl (C=O) groups is 2. The van der Waals surface area contributed by atoms with Crippen LogP contribution in [0.4, 0.5) is 4.39 Å². The fraction of sp³-hybridized carbons (Fsp3) is 0.556. The summed E-state index contributed by atoms with van der Waals surface area (Å²) in [4.78, 5) is 26.2. The van der Waals surface area contributed by atoms with Gasteiger partial charge in [-0.3, -0.25) is 14.5 Å². The van der Waals surface area contributed by atoms with Gasteiger partial charge in [-0.25, -0.2) is 4.39 Å². The van der Waals surface area contributed by atoms with Crippen molar-refractivity contribution in [3.8, 4) is 0 Å². The Hall–Kier alpha value is -1.99. The van der Waals surface area contributed by atoms with Crippen LogP contribution in [0, 0.1) is 5.82 Å². The Morgan fingerprint density at radius 3 is 3.00 bits per heavy atom. The molecule has 0 aliphatic carbocycles. The number of halogens is 1. The van der Waals surface area contributed by atoms with E-state index in [9.17, 15) is 14.0 Å². The average molecular weight is 351 g/mol. The highest BCUT2D eigenvalue weighted by atomic mass is 19.1. The summed E-state index contributed by atoms with van der Waals surface area (Å²) in [6, 6.07) is 5.74. The third-order valence-electron chi connectivity index (χ3n) is 3.97. The quantitative estimate of drug-likeness (QED) is 0.687. The predicted molar refractivity (Wildman–Crippen MR) is 92.3 cm³/mol. The summed E-state index contributed by atoms with van der Waals surface area (Å²) in [6.45, 7) is 6.28. The second-order valence-corrected chi connectivity index (χ2v) is 6.38. The van der Waals surface area contributed by atoms with Gasteiger partial charge >= 0.3 is 0 Å². The third kappa shape index (κ3) is 6.43. The first-order valence-corrected chi connectivity index (χ1v) is 8.60. The van der Waals surface area contributed by atoms with Crippen LogP contribution < -0.4 is 10.6 Å². The van der Waals surface area contributed by atoms with Crippen molar-refractivity contribution >= 4 is 11.8 Å². The molecule has 1 saturated heterocycles. The van der Waals surface area contributed by atoms with E-state index in [1.807, 2.05) is 24.8 Å². The first-order valence-electron chi connectivity index (χ1n) is 8.60. The molecule has 138 valence electrons. The standard InChI is InChI=1S/C18H26FN3O3/c1-13(2)25-9-7-20-17(23)11-16-18(24)21-6-8-22(16)12-14-4-3-5-15(19)10-14/h3-5,10,13,16H,6-9,11-12H2,1-2H3,(H,20,23)(H,21,24)/t16-/m0/s1. The number of hydrogen-bond donors (Lipinski definition) is 2. The predicted octanol–water partition coefficient (Wildman–Crippen LogP) is 1.06. The second-order valence-electron chi connectivity index (χ2n) is 6.38. The molecule has 0 bridgehead atoms. The highest BCUT2D eigenvalue weighted by Gasteiger charge is 2.31. The summed E-state index contributed by atoms with van der Waals surface area (Å²) in [7, 11) is 0. The van der Waals surface area contributed by atoms with Crippen molar-refractivity contribution in [3.05, 3.63) is 35.6 Å². The second kappa shape index (κ2) is 9.48. The van der Waals surface area contributed by atoms with Crippen LogP contribution in [-0.2, 0) is 20.9 Å². The Bertz CT molecular complexity index is 595. The highest BCUT2D eigenvalue weighted by Crippen LogP contribution is 2.14. The van der Waals surface area contributed by atoms with E-state index in [0.29, 0.717) is 32.8 Å². The lowest BCUT2D eigenvalue weighted by molar-refractivity contribution is -0.134. The molecule has 1 fully saturated rings. The van der Waals surface area contributed by atoms with Gasteiger partial charge in [0.1, 0.15) is 5.82 Å². The van der Waals surface area contributed by atoms with Gasteiger partial charge in [0, 0.05) is 26.2 Å². The molecule has 0 radical (unpaired) electrons. The highest BCUT2D eigenvalue weighted by molar-refractivity contribution is 5.88. The molecule has 1 atom stereocenters. The van der Waals surface area contributed by atoms with Crippen LogP contribution >= 0.6 is 0 Å². The number of carbonyl (C=O) groups excluding carboxylic acids is 2. The van der Waals surface area contributed by atoms with Gasteiger partial charge in [-0.2, -0.15) is 0 Å². The maximum absolute atomic E-state index is 13.4. The number of piperazine rings is 1. The summed E-state index contributed by atoms with van der Waals surface area (Å²) >= 11 is 0. The number of benzene rings is 1. The van der Waals surface area contributed by atoms with E-state index in [1.165, 1.54) is 12.1 Å². The molecule has 2 rings (SSSR count). The van der Waals surface area contributed by atoms with Crippen LogP contribution in [0.2, 0.25) is 0 Å². The van der Waals surface area contributed by atoms with E-state index in [-0.39, 0.29) is 30.2 Å². The zero-order chi connectivity index (χ0) is 18.2. The minimum Gasteiger partial charge on any atom is -0.377 e. The van der Waals surface area contributed by atoms with Crippen molar-refractivity contribution in [3.63, 3.8) is 0 Å². The third-order valence-corrected chi connectivity index (χ3v) is 3.97. The van der Waals surface area contributed by atoms with Crippen molar-refractivity contribution in [1.82, 2.24) is 15.5 Å². The summed E-state index contributed by atoms with van der Waals surface area (Å²) in [5.74, 6) is -0.673. The topological polar surface area (TPSA) is 70.7 Å². The van der Waals surface area contributed by atoms with Crippen molar-refractivity contribution in [2.24, 2.45) is 0 Å². The lowest BCUT2D eigenvalue weighted by Crippen LogP contribution is -2.56. The molecule has 1 aromatic rings. The Morgan fingerprint density at radius 1 is 1.48 bits per heavy atom. The van der Waals surface area contributed by atoms with E-state index in [4.69, 9.17) is 4.74 Å². The van der Waals surface area contributed by atoms with E-state index in [2.05, 4.69) is 10.6 Å². The van der Waals surface area contributed by atoms with Gasteiger partial charge in [-0.15, -0.1) is 0 Å². The van der Waals surface area contributed by atoms with Gasteiger partial charge in [0.25, 0.3) is 0 Å². The Morgan fingerprint density at radius 2 is 2.28 bits per heavy atom. The first-order chi connectivity index (χ1) is 12.0. The number of rotatable bonds is 8.